The largest absolute Gasteiger partial charge is 0.504 e. The zero-order chi connectivity index (χ0) is 22.3. The molecule has 0 saturated heterocycles. The Kier molecular flexibility index (Phi) is 4.75. The Hall–Kier alpha value is -4.46. The van der Waals surface area contributed by atoms with Crippen LogP contribution >= 0.6 is 0 Å². The Morgan fingerprint density at radius 3 is 2.16 bits per heavy atom. The van der Waals surface area contributed by atoms with Crippen molar-refractivity contribution >= 4 is 28.9 Å². The fourth-order valence-corrected chi connectivity index (χ4v) is 3.18. The van der Waals surface area contributed by atoms with Crippen molar-refractivity contribution in [3.8, 4) is 34.3 Å². The van der Waals surface area contributed by atoms with Crippen LogP contribution in [0.2, 0.25) is 0 Å². The Bertz CT molecular complexity index is 1420. The maximum atomic E-state index is 12.6. The predicted molar refractivity (Wildman–Crippen MR) is 112 cm³/mol. The second kappa shape index (κ2) is 7.42. The topological polar surface area (TPSA) is 141 Å². The van der Waals surface area contributed by atoms with Gasteiger partial charge in [-0.15, -0.1) is 0 Å². The van der Waals surface area contributed by atoms with Gasteiger partial charge in [-0.1, -0.05) is 12.1 Å². The van der Waals surface area contributed by atoms with Crippen LogP contribution in [0.15, 0.2) is 56.1 Å². The number of Topliss-reactive ketones (excluding diaryl/α,β-unsaturated/α-hetero) is 1. The van der Waals surface area contributed by atoms with Crippen molar-refractivity contribution in [1.82, 2.24) is 0 Å². The van der Waals surface area contributed by atoms with Crippen LogP contribution in [-0.2, 0) is 0 Å². The van der Waals surface area contributed by atoms with E-state index >= 15 is 0 Å². The molecular formula is C23H16O8. The third-order valence-corrected chi connectivity index (χ3v) is 4.65. The van der Waals surface area contributed by atoms with Gasteiger partial charge in [-0.25, -0.2) is 4.79 Å². The number of hydrogen-bond donors (Lipinski definition) is 4. The maximum Gasteiger partial charge on any atom is 0.348 e. The molecule has 8 heteroatoms. The molecule has 4 N–H and O–H groups in total. The van der Waals surface area contributed by atoms with E-state index in [4.69, 9.17) is 8.83 Å². The van der Waals surface area contributed by atoms with Gasteiger partial charge in [-0.3, -0.25) is 4.79 Å². The first-order valence-corrected chi connectivity index (χ1v) is 9.08. The molecule has 2 aromatic carbocycles. The van der Waals surface area contributed by atoms with Crippen molar-refractivity contribution in [2.24, 2.45) is 0 Å². The van der Waals surface area contributed by atoms with Crippen LogP contribution in [0.5, 0.6) is 23.0 Å². The van der Waals surface area contributed by atoms with Crippen LogP contribution in [-0.4, -0.2) is 26.2 Å². The fourth-order valence-electron chi connectivity index (χ4n) is 3.18. The summed E-state index contributed by atoms with van der Waals surface area (Å²) < 4.78 is 11.1. The number of furan rings is 1. The predicted octanol–water partition coefficient (Wildman–Crippen LogP) is 4.25. The number of carbonyl (C=O) groups excluding carboxylic acids is 1. The number of rotatable bonds is 4. The molecule has 0 atom stereocenters. The van der Waals surface area contributed by atoms with Gasteiger partial charge in [-0.2, -0.15) is 0 Å². The molecule has 0 aliphatic heterocycles. The van der Waals surface area contributed by atoms with Crippen LogP contribution < -0.4 is 5.63 Å². The summed E-state index contributed by atoms with van der Waals surface area (Å²) in [4.78, 5) is 24.9. The molecule has 8 nitrogen and oxygen atoms in total. The molecule has 0 bridgehead atoms. The minimum absolute atomic E-state index is 0.00725. The smallest absolute Gasteiger partial charge is 0.348 e. The van der Waals surface area contributed by atoms with E-state index in [0.717, 1.165) is 0 Å². The molecule has 4 aromatic rings. The minimum Gasteiger partial charge on any atom is -0.504 e. The lowest BCUT2D eigenvalue weighted by Gasteiger charge is -2.02. The first-order valence-electron chi connectivity index (χ1n) is 9.08. The van der Waals surface area contributed by atoms with Crippen LogP contribution in [0.4, 0.5) is 0 Å². The number of aromatic hydroxyl groups is 4. The number of hydrogen-bond acceptors (Lipinski definition) is 8. The average molecular weight is 420 g/mol. The summed E-state index contributed by atoms with van der Waals surface area (Å²) in [6, 6.07) is 9.55. The number of ketones is 1. The first kappa shape index (κ1) is 19.8. The van der Waals surface area contributed by atoms with E-state index in [9.17, 15) is 30.0 Å². The zero-order valence-corrected chi connectivity index (χ0v) is 16.1. The van der Waals surface area contributed by atoms with E-state index in [0.29, 0.717) is 11.1 Å². The van der Waals surface area contributed by atoms with Gasteiger partial charge >= 0.3 is 5.63 Å². The van der Waals surface area contributed by atoms with E-state index in [1.54, 1.807) is 12.1 Å². The minimum atomic E-state index is -0.783. The van der Waals surface area contributed by atoms with Gasteiger partial charge in [0.1, 0.15) is 22.5 Å². The lowest BCUT2D eigenvalue weighted by Crippen LogP contribution is -2.04. The van der Waals surface area contributed by atoms with Crippen molar-refractivity contribution in [2.75, 3.05) is 0 Å². The molecule has 2 heterocycles. The Morgan fingerprint density at radius 2 is 1.52 bits per heavy atom. The maximum absolute atomic E-state index is 12.6. The number of carbonyl (C=O) groups is 1. The molecule has 2 aromatic heterocycles. The van der Waals surface area contributed by atoms with Crippen molar-refractivity contribution in [3.05, 3.63) is 69.8 Å². The summed E-state index contributed by atoms with van der Waals surface area (Å²) in [5.74, 6) is -1.53. The lowest BCUT2D eigenvalue weighted by atomic mass is 10.0. The molecule has 0 spiro atoms. The van der Waals surface area contributed by atoms with Gasteiger partial charge in [-0.05, 0) is 48.9 Å². The molecule has 0 fully saturated rings. The van der Waals surface area contributed by atoms with Crippen LogP contribution in [0, 0.1) is 0 Å². The average Bonchev–Trinajstić information content (AvgIpc) is 3.11. The Labute approximate surface area is 174 Å². The summed E-state index contributed by atoms with van der Waals surface area (Å²) in [5.41, 5.74) is 0.175. The molecule has 31 heavy (non-hydrogen) atoms. The molecule has 0 saturated carbocycles. The van der Waals surface area contributed by atoms with Crippen molar-refractivity contribution < 1.29 is 34.1 Å². The second-order valence-electron chi connectivity index (χ2n) is 6.82. The number of phenols is 4. The first-order chi connectivity index (χ1) is 14.7. The molecule has 0 amide bonds. The van der Waals surface area contributed by atoms with Gasteiger partial charge in [0, 0.05) is 11.6 Å². The van der Waals surface area contributed by atoms with Gasteiger partial charge in [0.2, 0.25) is 0 Å². The molecule has 0 radical (unpaired) electrons. The highest BCUT2D eigenvalue weighted by molar-refractivity contribution is 6.11. The molecule has 156 valence electrons. The van der Waals surface area contributed by atoms with Crippen LogP contribution in [0.3, 0.4) is 0 Å². The van der Waals surface area contributed by atoms with E-state index in [1.807, 2.05) is 0 Å². The number of benzene rings is 2. The normalized spacial score (nSPS) is 11.4. The van der Waals surface area contributed by atoms with E-state index in [1.165, 1.54) is 49.4 Å². The Balaban J connectivity index is 1.84. The summed E-state index contributed by atoms with van der Waals surface area (Å²) in [5, 5.41) is 38.2. The van der Waals surface area contributed by atoms with Gasteiger partial charge < -0.3 is 29.3 Å². The highest BCUT2D eigenvalue weighted by atomic mass is 16.4. The summed E-state index contributed by atoms with van der Waals surface area (Å²) >= 11 is 0. The third-order valence-electron chi connectivity index (χ3n) is 4.65. The van der Waals surface area contributed by atoms with E-state index in [-0.39, 0.29) is 45.3 Å². The van der Waals surface area contributed by atoms with Crippen molar-refractivity contribution in [1.29, 1.82) is 0 Å². The third kappa shape index (κ3) is 3.62. The van der Waals surface area contributed by atoms with Crippen molar-refractivity contribution in [2.45, 2.75) is 6.92 Å². The Morgan fingerprint density at radius 1 is 0.839 bits per heavy atom. The van der Waals surface area contributed by atoms with Gasteiger partial charge in [0.15, 0.2) is 28.8 Å². The lowest BCUT2D eigenvalue weighted by molar-refractivity contribution is 0.101. The highest BCUT2D eigenvalue weighted by Gasteiger charge is 2.24. The molecule has 0 aliphatic rings. The fraction of sp³-hybridized carbons (Fsp3) is 0.0435. The monoisotopic (exact) mass is 420 g/mol. The quantitative estimate of drug-likeness (QED) is 0.284. The molecule has 0 aliphatic carbocycles. The van der Waals surface area contributed by atoms with Crippen molar-refractivity contribution in [3.63, 3.8) is 0 Å². The summed E-state index contributed by atoms with van der Waals surface area (Å²) in [6.07, 6.45) is 3.02. The standard InChI is InChI=1S/C23H16O8/c1-11(24)20-21-19(31-22(20)13-4-7-16(26)18(28)9-13)10-14(30-23(21)29)5-2-12-3-6-15(25)17(27)8-12/h2-10,25-28H,1H3. The van der Waals surface area contributed by atoms with Gasteiger partial charge in [0.05, 0.1) is 5.56 Å². The number of phenolic OH excluding ortho intramolecular Hbond substituents is 4. The SMILES string of the molecule is CC(=O)c1c(-c2ccc(O)c(O)c2)oc2cc(C=Cc3ccc(O)c(O)c3)oc(=O)c12. The number of fused-ring (bicyclic) bond motifs is 1. The highest BCUT2D eigenvalue weighted by Crippen LogP contribution is 2.37. The molecule has 4 rings (SSSR count). The van der Waals surface area contributed by atoms with Crippen LogP contribution in [0.25, 0.3) is 34.4 Å². The molecular weight excluding hydrogens is 404 g/mol. The zero-order valence-electron chi connectivity index (χ0n) is 16.1. The van der Waals surface area contributed by atoms with Crippen LogP contribution in [0.1, 0.15) is 28.6 Å². The second-order valence-corrected chi connectivity index (χ2v) is 6.82. The van der Waals surface area contributed by atoms with E-state index < -0.39 is 17.2 Å². The van der Waals surface area contributed by atoms with Gasteiger partial charge in [0.25, 0.3) is 0 Å². The summed E-state index contributed by atoms with van der Waals surface area (Å²) in [6.45, 7) is 1.28. The van der Waals surface area contributed by atoms with E-state index in [2.05, 4.69) is 0 Å². The molecule has 0 unspecified atom stereocenters. The summed E-state index contributed by atoms with van der Waals surface area (Å²) in [7, 11) is 0.